The minimum atomic E-state index is -0.197. The van der Waals surface area contributed by atoms with Gasteiger partial charge in [0.1, 0.15) is 0 Å². The average molecular weight is 280 g/mol. The summed E-state index contributed by atoms with van der Waals surface area (Å²) >= 11 is 5.85. The lowest BCUT2D eigenvalue weighted by molar-refractivity contribution is 0.252. The number of halogens is 1. The van der Waals surface area contributed by atoms with Gasteiger partial charge in [0.05, 0.1) is 0 Å². The molecule has 1 aromatic carbocycles. The van der Waals surface area contributed by atoms with Gasteiger partial charge in [-0.1, -0.05) is 29.3 Å². The van der Waals surface area contributed by atoms with Crippen LogP contribution >= 0.6 is 11.6 Å². The van der Waals surface area contributed by atoms with E-state index in [9.17, 15) is 4.79 Å². The van der Waals surface area contributed by atoms with E-state index in [0.717, 1.165) is 25.9 Å². The molecule has 1 heterocycles. The number of carbonyl (C=O) groups excluding carboxylic acids is 1. The van der Waals surface area contributed by atoms with E-state index in [1.807, 2.05) is 0 Å². The zero-order chi connectivity index (χ0) is 13.5. The standard InChI is InChI=1S/C14H18ClN3O/c15-12-2-1-3-13(10-12)18-14(19)17-9-6-11-4-7-16-8-5-11/h1-4,10,16H,5-9H2,(H2,17,18,19). The number of hydrogen-bond donors (Lipinski definition) is 3. The van der Waals surface area contributed by atoms with E-state index in [1.165, 1.54) is 5.57 Å². The normalized spacial score (nSPS) is 14.7. The van der Waals surface area contributed by atoms with E-state index in [2.05, 4.69) is 22.0 Å². The molecule has 0 aliphatic carbocycles. The van der Waals surface area contributed by atoms with Crippen LogP contribution in [0.2, 0.25) is 5.02 Å². The molecular weight excluding hydrogens is 262 g/mol. The van der Waals surface area contributed by atoms with E-state index >= 15 is 0 Å². The van der Waals surface area contributed by atoms with Crippen LogP contribution in [0.5, 0.6) is 0 Å². The van der Waals surface area contributed by atoms with Crippen LogP contribution in [0.1, 0.15) is 12.8 Å². The SMILES string of the molecule is O=C(NCCC1=CCNCC1)Nc1cccc(Cl)c1. The Morgan fingerprint density at radius 2 is 2.32 bits per heavy atom. The van der Waals surface area contributed by atoms with Gasteiger partial charge >= 0.3 is 6.03 Å². The number of anilines is 1. The lowest BCUT2D eigenvalue weighted by Crippen LogP contribution is -2.30. The summed E-state index contributed by atoms with van der Waals surface area (Å²) in [6.45, 7) is 2.61. The van der Waals surface area contributed by atoms with Gasteiger partial charge in [0, 0.05) is 23.8 Å². The lowest BCUT2D eigenvalue weighted by atomic mass is 10.1. The molecule has 0 fully saturated rings. The maximum Gasteiger partial charge on any atom is 0.319 e. The Bertz CT molecular complexity index is 474. The van der Waals surface area contributed by atoms with Crippen molar-refractivity contribution < 1.29 is 4.79 Å². The van der Waals surface area contributed by atoms with Crippen molar-refractivity contribution in [2.24, 2.45) is 0 Å². The van der Waals surface area contributed by atoms with E-state index in [0.29, 0.717) is 17.3 Å². The first kappa shape index (κ1) is 13.9. The zero-order valence-corrected chi connectivity index (χ0v) is 11.5. The summed E-state index contributed by atoms with van der Waals surface area (Å²) in [5, 5.41) is 9.47. The monoisotopic (exact) mass is 279 g/mol. The van der Waals surface area contributed by atoms with Crippen molar-refractivity contribution in [2.45, 2.75) is 12.8 Å². The van der Waals surface area contributed by atoms with Crippen molar-refractivity contribution in [1.82, 2.24) is 10.6 Å². The number of urea groups is 1. The second-order valence-electron chi connectivity index (χ2n) is 4.46. The zero-order valence-electron chi connectivity index (χ0n) is 10.7. The molecule has 0 saturated carbocycles. The minimum absolute atomic E-state index is 0.197. The van der Waals surface area contributed by atoms with Gasteiger partial charge in [0.25, 0.3) is 0 Å². The second kappa shape index (κ2) is 7.16. The van der Waals surface area contributed by atoms with Gasteiger partial charge < -0.3 is 16.0 Å². The van der Waals surface area contributed by atoms with Gasteiger partial charge in [-0.2, -0.15) is 0 Å². The van der Waals surface area contributed by atoms with E-state index in [-0.39, 0.29) is 6.03 Å². The van der Waals surface area contributed by atoms with Crippen LogP contribution in [0, 0.1) is 0 Å². The van der Waals surface area contributed by atoms with Gasteiger partial charge in [0.15, 0.2) is 0 Å². The molecule has 1 aliphatic heterocycles. The summed E-state index contributed by atoms with van der Waals surface area (Å²) in [5.74, 6) is 0. The molecule has 1 aliphatic rings. The molecule has 4 nitrogen and oxygen atoms in total. The predicted molar refractivity (Wildman–Crippen MR) is 78.7 cm³/mol. The van der Waals surface area contributed by atoms with Gasteiger partial charge in [-0.05, 0) is 37.6 Å². The highest BCUT2D eigenvalue weighted by molar-refractivity contribution is 6.30. The van der Waals surface area contributed by atoms with E-state index in [1.54, 1.807) is 24.3 Å². The summed E-state index contributed by atoms with van der Waals surface area (Å²) < 4.78 is 0. The van der Waals surface area contributed by atoms with Crippen molar-refractivity contribution in [3.05, 3.63) is 40.9 Å². The van der Waals surface area contributed by atoms with Crippen molar-refractivity contribution in [2.75, 3.05) is 25.0 Å². The Labute approximate surface area is 118 Å². The predicted octanol–water partition coefficient (Wildman–Crippen LogP) is 2.77. The summed E-state index contributed by atoms with van der Waals surface area (Å²) in [6, 6.07) is 6.90. The lowest BCUT2D eigenvalue weighted by Gasteiger charge is -2.14. The summed E-state index contributed by atoms with van der Waals surface area (Å²) in [7, 11) is 0. The van der Waals surface area contributed by atoms with Crippen LogP contribution in [-0.4, -0.2) is 25.7 Å². The number of rotatable bonds is 4. The Balaban J connectivity index is 1.71. The van der Waals surface area contributed by atoms with Gasteiger partial charge in [-0.3, -0.25) is 0 Å². The van der Waals surface area contributed by atoms with Gasteiger partial charge in [-0.15, -0.1) is 0 Å². The second-order valence-corrected chi connectivity index (χ2v) is 4.89. The minimum Gasteiger partial charge on any atom is -0.338 e. The highest BCUT2D eigenvalue weighted by atomic mass is 35.5. The maximum absolute atomic E-state index is 11.7. The van der Waals surface area contributed by atoms with Crippen LogP contribution in [-0.2, 0) is 0 Å². The molecule has 2 amide bonds. The molecule has 0 radical (unpaired) electrons. The molecular formula is C14H18ClN3O. The number of benzene rings is 1. The van der Waals surface area contributed by atoms with Gasteiger partial charge in [0.2, 0.25) is 0 Å². The van der Waals surface area contributed by atoms with E-state index < -0.39 is 0 Å². The maximum atomic E-state index is 11.7. The Hall–Kier alpha value is -1.52. The molecule has 0 atom stereocenters. The molecule has 0 saturated heterocycles. The fourth-order valence-corrected chi connectivity index (χ4v) is 2.17. The van der Waals surface area contributed by atoms with Crippen LogP contribution in [0.25, 0.3) is 0 Å². The molecule has 5 heteroatoms. The Kier molecular flexibility index (Phi) is 5.24. The van der Waals surface area contributed by atoms with Crippen LogP contribution in [0.15, 0.2) is 35.9 Å². The smallest absolute Gasteiger partial charge is 0.319 e. The number of nitrogens with one attached hydrogen (secondary N) is 3. The van der Waals surface area contributed by atoms with Gasteiger partial charge in [-0.25, -0.2) is 4.79 Å². The fraction of sp³-hybridized carbons (Fsp3) is 0.357. The average Bonchev–Trinajstić information content (AvgIpc) is 2.40. The van der Waals surface area contributed by atoms with Crippen molar-refractivity contribution in [3.63, 3.8) is 0 Å². The van der Waals surface area contributed by atoms with Crippen LogP contribution in [0.4, 0.5) is 10.5 Å². The van der Waals surface area contributed by atoms with E-state index in [4.69, 9.17) is 11.6 Å². The highest BCUT2D eigenvalue weighted by Gasteiger charge is 2.05. The largest absolute Gasteiger partial charge is 0.338 e. The molecule has 0 bridgehead atoms. The third kappa shape index (κ3) is 4.93. The molecule has 19 heavy (non-hydrogen) atoms. The molecule has 0 aromatic heterocycles. The molecule has 1 aromatic rings. The van der Waals surface area contributed by atoms with Crippen molar-refractivity contribution in [3.8, 4) is 0 Å². The molecule has 0 unspecified atom stereocenters. The van der Waals surface area contributed by atoms with Crippen molar-refractivity contribution >= 4 is 23.3 Å². The third-order valence-electron chi connectivity index (χ3n) is 2.97. The molecule has 3 N–H and O–H groups in total. The third-order valence-corrected chi connectivity index (χ3v) is 3.21. The molecule has 102 valence electrons. The van der Waals surface area contributed by atoms with Crippen molar-refractivity contribution in [1.29, 1.82) is 0 Å². The topological polar surface area (TPSA) is 53.2 Å². The quantitative estimate of drug-likeness (QED) is 0.743. The van der Waals surface area contributed by atoms with Crippen LogP contribution in [0.3, 0.4) is 0 Å². The first-order chi connectivity index (χ1) is 9.24. The Morgan fingerprint density at radius 1 is 1.42 bits per heavy atom. The summed E-state index contributed by atoms with van der Waals surface area (Å²) in [5.41, 5.74) is 2.10. The number of carbonyl (C=O) groups is 1. The fourth-order valence-electron chi connectivity index (χ4n) is 1.97. The Morgan fingerprint density at radius 3 is 3.05 bits per heavy atom. The molecule has 0 spiro atoms. The number of amides is 2. The highest BCUT2D eigenvalue weighted by Crippen LogP contribution is 2.14. The first-order valence-corrected chi connectivity index (χ1v) is 6.81. The molecule has 2 rings (SSSR count). The number of hydrogen-bond acceptors (Lipinski definition) is 2. The summed E-state index contributed by atoms with van der Waals surface area (Å²) in [4.78, 5) is 11.7. The first-order valence-electron chi connectivity index (χ1n) is 6.43. The van der Waals surface area contributed by atoms with Crippen LogP contribution < -0.4 is 16.0 Å². The summed E-state index contributed by atoms with van der Waals surface area (Å²) in [6.07, 6.45) is 4.17.